The number of amides is 2. The minimum Gasteiger partial charge on any atom is -0.493 e. The molecule has 11 heteroatoms. The van der Waals surface area contributed by atoms with Crippen molar-refractivity contribution >= 4 is 34.3 Å². The summed E-state index contributed by atoms with van der Waals surface area (Å²) in [5.41, 5.74) is 4.71. The molecule has 3 aromatic heterocycles. The first-order valence-corrected chi connectivity index (χ1v) is 16.5. The molecule has 0 unspecified atom stereocenters. The highest BCUT2D eigenvalue weighted by Gasteiger charge is 2.30. The normalized spacial score (nSPS) is 15.5. The Hall–Kier alpha value is -4.93. The summed E-state index contributed by atoms with van der Waals surface area (Å²) in [5, 5.41) is 0.606. The average Bonchev–Trinajstić information content (AvgIpc) is 3.54. The highest BCUT2D eigenvalue weighted by molar-refractivity contribution is 6.05. The minimum atomic E-state index is -0.642. The molecule has 1 saturated heterocycles. The van der Waals surface area contributed by atoms with Crippen molar-refractivity contribution in [3.63, 3.8) is 0 Å². The number of carbonyl (C=O) groups excluding carboxylic acids is 2. The predicted molar refractivity (Wildman–Crippen MR) is 185 cm³/mol. The molecular weight excluding hydrogens is 611 g/mol. The van der Waals surface area contributed by atoms with Gasteiger partial charge in [0.05, 0.1) is 12.6 Å². The number of hydrogen-bond donors (Lipinski definition) is 1. The summed E-state index contributed by atoms with van der Waals surface area (Å²) in [6.45, 7) is 12.3. The molecule has 0 saturated carbocycles. The largest absolute Gasteiger partial charge is 0.493 e. The highest BCUT2D eigenvalue weighted by atomic mass is 19.1. The third-order valence-electron chi connectivity index (χ3n) is 8.87. The third-order valence-corrected chi connectivity index (χ3v) is 8.87. The van der Waals surface area contributed by atoms with Crippen LogP contribution in [-0.2, 0) is 11.2 Å². The maximum absolute atomic E-state index is 16.6. The molecule has 0 spiro atoms. The van der Waals surface area contributed by atoms with Gasteiger partial charge in [0.2, 0.25) is 0 Å². The lowest BCUT2D eigenvalue weighted by Gasteiger charge is -2.35. The number of nitrogens with zero attached hydrogens (tertiary/aromatic N) is 5. The molecule has 2 aliphatic rings. The van der Waals surface area contributed by atoms with E-state index in [9.17, 15) is 9.59 Å². The lowest BCUT2D eigenvalue weighted by atomic mass is 9.91. The Labute approximate surface area is 280 Å². The first kappa shape index (κ1) is 33.0. The lowest BCUT2D eigenvalue weighted by molar-refractivity contribution is 0.0272. The number of rotatable bonds is 6. The number of aromatic nitrogens is 3. The van der Waals surface area contributed by atoms with Crippen LogP contribution in [0.15, 0.2) is 48.9 Å². The molecule has 0 aliphatic carbocycles. The zero-order valence-corrected chi connectivity index (χ0v) is 28.5. The maximum atomic E-state index is 16.6. The van der Waals surface area contributed by atoms with Crippen LogP contribution in [0.5, 0.6) is 5.75 Å². The van der Waals surface area contributed by atoms with Crippen molar-refractivity contribution < 1.29 is 23.5 Å². The maximum Gasteiger partial charge on any atom is 0.410 e. The van der Waals surface area contributed by atoms with Gasteiger partial charge in [0.15, 0.2) is 17.4 Å². The van der Waals surface area contributed by atoms with Gasteiger partial charge in [-0.15, -0.1) is 0 Å². The van der Waals surface area contributed by atoms with Crippen LogP contribution in [-0.4, -0.2) is 88.7 Å². The molecule has 2 aliphatic heterocycles. The van der Waals surface area contributed by atoms with Gasteiger partial charge in [0.1, 0.15) is 11.3 Å². The van der Waals surface area contributed by atoms with Gasteiger partial charge in [-0.25, -0.2) is 14.2 Å². The number of aryl methyl sites for hydroxylation is 2. The number of pyridine rings is 2. The quantitative estimate of drug-likeness (QED) is 0.249. The van der Waals surface area contributed by atoms with E-state index in [1.54, 1.807) is 35.4 Å². The molecule has 10 nitrogen and oxygen atoms in total. The fourth-order valence-electron chi connectivity index (χ4n) is 6.44. The van der Waals surface area contributed by atoms with E-state index in [-0.39, 0.29) is 18.0 Å². The van der Waals surface area contributed by atoms with Crippen LogP contribution < -0.4 is 9.64 Å². The number of methoxy groups -OCH3 is 1. The smallest absolute Gasteiger partial charge is 0.410 e. The molecule has 48 heavy (non-hydrogen) atoms. The number of anilines is 1. The van der Waals surface area contributed by atoms with E-state index in [1.807, 2.05) is 58.2 Å². The van der Waals surface area contributed by atoms with Gasteiger partial charge in [0, 0.05) is 74.4 Å². The lowest BCUT2D eigenvalue weighted by Crippen LogP contribution is -2.49. The SMILES string of the molecule is CCc1ccncc1-c1cc(C2=CCCN(C(=O)OC(C)(C)C)C2)c(F)c2[nH]c(C(=O)N3CCN(c4ncc(C)cc4OC)CC3)cc12. The molecular formula is C37H43FN6O4. The van der Waals surface area contributed by atoms with E-state index in [1.165, 1.54) is 0 Å². The number of halogens is 1. The second-order valence-electron chi connectivity index (χ2n) is 13.4. The number of nitrogens with one attached hydrogen (secondary N) is 1. The highest BCUT2D eigenvalue weighted by Crippen LogP contribution is 2.38. The van der Waals surface area contributed by atoms with Gasteiger partial charge in [-0.1, -0.05) is 13.0 Å². The van der Waals surface area contributed by atoms with E-state index >= 15 is 4.39 Å². The second kappa shape index (κ2) is 13.3. The van der Waals surface area contributed by atoms with Crippen LogP contribution in [0.2, 0.25) is 0 Å². The Morgan fingerprint density at radius 3 is 2.48 bits per heavy atom. The fraction of sp³-hybridized carbons (Fsp3) is 0.405. The number of piperazine rings is 1. The first-order valence-electron chi connectivity index (χ1n) is 16.5. The second-order valence-corrected chi connectivity index (χ2v) is 13.4. The third kappa shape index (κ3) is 6.58. The topological polar surface area (TPSA) is 104 Å². The van der Waals surface area contributed by atoms with E-state index in [2.05, 4.69) is 26.8 Å². The van der Waals surface area contributed by atoms with Crippen LogP contribution in [0.3, 0.4) is 0 Å². The molecule has 1 aromatic carbocycles. The summed E-state index contributed by atoms with van der Waals surface area (Å²) in [6, 6.07) is 7.51. The van der Waals surface area contributed by atoms with E-state index < -0.39 is 17.5 Å². The number of benzene rings is 1. The monoisotopic (exact) mass is 654 g/mol. The van der Waals surface area contributed by atoms with E-state index in [0.29, 0.717) is 67.1 Å². The van der Waals surface area contributed by atoms with Gasteiger partial charge < -0.3 is 29.2 Å². The van der Waals surface area contributed by atoms with Crippen molar-refractivity contribution in [1.29, 1.82) is 0 Å². The van der Waals surface area contributed by atoms with E-state index in [0.717, 1.165) is 34.5 Å². The number of H-pyrrole nitrogens is 1. The van der Waals surface area contributed by atoms with Gasteiger partial charge in [0.25, 0.3) is 5.91 Å². The summed E-state index contributed by atoms with van der Waals surface area (Å²) >= 11 is 0. The minimum absolute atomic E-state index is 0.198. The number of ether oxygens (including phenoxy) is 2. The summed E-state index contributed by atoms with van der Waals surface area (Å²) < 4.78 is 27.8. The number of fused-ring (bicyclic) bond motifs is 1. The summed E-state index contributed by atoms with van der Waals surface area (Å²) in [5.74, 6) is 0.796. The molecule has 0 bridgehead atoms. The van der Waals surface area contributed by atoms with Gasteiger partial charge in [-0.05, 0) is 87.1 Å². The van der Waals surface area contributed by atoms with E-state index in [4.69, 9.17) is 9.47 Å². The van der Waals surface area contributed by atoms with Crippen molar-refractivity contribution in [2.24, 2.45) is 0 Å². The molecule has 0 radical (unpaired) electrons. The molecule has 4 aromatic rings. The molecule has 1 fully saturated rings. The summed E-state index contributed by atoms with van der Waals surface area (Å²) in [4.78, 5) is 44.5. The first-order chi connectivity index (χ1) is 23.0. The van der Waals surface area contributed by atoms with Crippen molar-refractivity contribution in [2.45, 2.75) is 53.1 Å². The fourth-order valence-corrected chi connectivity index (χ4v) is 6.44. The Morgan fingerprint density at radius 1 is 1.00 bits per heavy atom. The Morgan fingerprint density at radius 2 is 1.77 bits per heavy atom. The number of carbonyl (C=O) groups is 2. The van der Waals surface area contributed by atoms with Crippen molar-refractivity contribution in [2.75, 3.05) is 51.3 Å². The zero-order chi connectivity index (χ0) is 34.2. The Balaban J connectivity index is 1.34. The van der Waals surface area contributed by atoms with Crippen molar-refractivity contribution in [3.05, 3.63) is 77.1 Å². The molecule has 6 rings (SSSR count). The van der Waals surface area contributed by atoms with Gasteiger partial charge in [-0.2, -0.15) is 0 Å². The standard InChI is InChI=1S/C37H43FN6O4/c1-7-24-10-11-39-21-29(24)27-18-26(25-9-8-12-44(22-25)36(46)48-37(3,4)5)32(38)33-28(27)19-30(41-33)35(45)43-15-13-42(14-16-43)34-31(47-6)17-23(2)20-40-34/h9-11,17-21,41H,7-8,12-16,22H2,1-6H3. The Kier molecular flexibility index (Phi) is 9.13. The van der Waals surface area contributed by atoms with Crippen molar-refractivity contribution in [1.82, 2.24) is 24.8 Å². The average molecular weight is 655 g/mol. The predicted octanol–water partition coefficient (Wildman–Crippen LogP) is 6.63. The van der Waals surface area contributed by atoms with Crippen LogP contribution in [0, 0.1) is 12.7 Å². The van der Waals surface area contributed by atoms with Gasteiger partial charge >= 0.3 is 6.09 Å². The van der Waals surface area contributed by atoms with Crippen LogP contribution in [0.4, 0.5) is 15.0 Å². The van der Waals surface area contributed by atoms with Crippen LogP contribution in [0.1, 0.15) is 61.3 Å². The summed E-state index contributed by atoms with van der Waals surface area (Å²) in [6.07, 6.45) is 8.22. The van der Waals surface area contributed by atoms with Crippen LogP contribution in [0.25, 0.3) is 27.6 Å². The van der Waals surface area contributed by atoms with Crippen LogP contribution >= 0.6 is 0 Å². The summed E-state index contributed by atoms with van der Waals surface area (Å²) in [7, 11) is 1.63. The molecule has 0 atom stereocenters. The molecule has 2 amide bonds. The zero-order valence-electron chi connectivity index (χ0n) is 28.5. The number of aromatic amines is 1. The Bertz CT molecular complexity index is 1890. The number of hydrogen-bond acceptors (Lipinski definition) is 7. The van der Waals surface area contributed by atoms with Crippen molar-refractivity contribution in [3.8, 4) is 16.9 Å². The molecule has 252 valence electrons. The molecule has 5 heterocycles. The molecule has 1 N–H and O–H groups in total. The van der Waals surface area contributed by atoms with Gasteiger partial charge in [-0.3, -0.25) is 9.78 Å².